The second kappa shape index (κ2) is 5.76. The first-order valence-electron chi connectivity index (χ1n) is 7.70. The molecule has 122 valence electrons. The van der Waals surface area contributed by atoms with Gasteiger partial charge in [-0.1, -0.05) is 18.2 Å². The van der Waals surface area contributed by atoms with Gasteiger partial charge >= 0.3 is 0 Å². The molecule has 0 saturated heterocycles. The van der Waals surface area contributed by atoms with Crippen LogP contribution in [0, 0.1) is 6.92 Å². The first-order chi connectivity index (χ1) is 11.6. The van der Waals surface area contributed by atoms with Crippen LogP contribution in [0.15, 0.2) is 36.7 Å². The average molecular weight is 340 g/mol. The van der Waals surface area contributed by atoms with E-state index in [1.807, 2.05) is 41.9 Å². The smallest absolute Gasteiger partial charge is 0.252 e. The number of aromatic nitrogens is 2. The Labute approximate surface area is 142 Å². The molecular formula is C17H16N4O2S. The molecule has 0 saturated carbocycles. The Morgan fingerprint density at radius 1 is 1.38 bits per heavy atom. The maximum absolute atomic E-state index is 12.2. The van der Waals surface area contributed by atoms with Gasteiger partial charge in [-0.2, -0.15) is 0 Å². The zero-order valence-corrected chi connectivity index (χ0v) is 13.9. The molecule has 2 aromatic heterocycles. The fraction of sp³-hybridized carbons (Fsp3) is 0.235. The summed E-state index contributed by atoms with van der Waals surface area (Å²) in [4.78, 5) is 30.7. The number of amides is 2. The third-order valence-corrected chi connectivity index (χ3v) is 4.98. The number of rotatable bonds is 4. The minimum atomic E-state index is -0.262. The number of nitrogens with zero attached hydrogens (tertiary/aromatic N) is 2. The summed E-state index contributed by atoms with van der Waals surface area (Å²) < 4.78 is 1.97. The van der Waals surface area contributed by atoms with Crippen LogP contribution >= 0.6 is 11.3 Å². The van der Waals surface area contributed by atoms with Gasteiger partial charge in [-0.25, -0.2) is 4.98 Å². The molecule has 6 nitrogen and oxygen atoms in total. The van der Waals surface area contributed by atoms with Crippen LogP contribution < -0.4 is 10.6 Å². The topological polar surface area (TPSA) is 75.5 Å². The van der Waals surface area contributed by atoms with E-state index in [1.54, 1.807) is 17.4 Å². The Balaban J connectivity index is 1.38. The lowest BCUT2D eigenvalue weighted by atomic mass is 10.0. The molecule has 3 aromatic rings. The quantitative estimate of drug-likeness (QED) is 0.764. The predicted octanol–water partition coefficient (Wildman–Crippen LogP) is 2.20. The van der Waals surface area contributed by atoms with Crippen molar-refractivity contribution in [1.29, 1.82) is 0 Å². The van der Waals surface area contributed by atoms with E-state index in [-0.39, 0.29) is 24.3 Å². The number of imidazole rings is 1. The number of hydrogen-bond donors (Lipinski definition) is 2. The van der Waals surface area contributed by atoms with Crippen molar-refractivity contribution in [2.75, 3.05) is 0 Å². The summed E-state index contributed by atoms with van der Waals surface area (Å²) in [6.07, 6.45) is 4.17. The maximum Gasteiger partial charge on any atom is 0.252 e. The van der Waals surface area contributed by atoms with Gasteiger partial charge in [0.25, 0.3) is 5.91 Å². The van der Waals surface area contributed by atoms with E-state index in [4.69, 9.17) is 0 Å². The van der Waals surface area contributed by atoms with Gasteiger partial charge in [0.1, 0.15) is 0 Å². The highest BCUT2D eigenvalue weighted by atomic mass is 32.1. The number of thiazole rings is 1. The zero-order chi connectivity index (χ0) is 16.7. The molecule has 0 fully saturated rings. The number of aryl methyl sites for hydroxylation is 1. The molecule has 0 unspecified atom stereocenters. The van der Waals surface area contributed by atoms with Gasteiger partial charge < -0.3 is 10.6 Å². The van der Waals surface area contributed by atoms with Crippen molar-refractivity contribution in [3.8, 4) is 0 Å². The lowest BCUT2D eigenvalue weighted by Crippen LogP contribution is -2.28. The highest BCUT2D eigenvalue weighted by Crippen LogP contribution is 2.27. The minimum absolute atomic E-state index is 0.107. The molecule has 2 N–H and O–H groups in total. The second-order valence-corrected chi connectivity index (χ2v) is 7.07. The molecule has 0 spiro atoms. The molecule has 24 heavy (non-hydrogen) atoms. The molecular weight excluding hydrogens is 324 g/mol. The van der Waals surface area contributed by atoms with Gasteiger partial charge in [-0.15, -0.1) is 11.3 Å². The van der Waals surface area contributed by atoms with Crippen molar-refractivity contribution in [2.45, 2.75) is 25.9 Å². The summed E-state index contributed by atoms with van der Waals surface area (Å²) in [6, 6.07) is 7.11. The van der Waals surface area contributed by atoms with Crippen LogP contribution in [0.4, 0.5) is 0 Å². The largest absolute Gasteiger partial charge is 0.350 e. The fourth-order valence-corrected chi connectivity index (χ4v) is 3.80. The van der Waals surface area contributed by atoms with E-state index in [1.165, 1.54) is 4.88 Å². The first-order valence-corrected chi connectivity index (χ1v) is 8.52. The van der Waals surface area contributed by atoms with Crippen molar-refractivity contribution in [3.63, 3.8) is 0 Å². The molecule has 0 aliphatic carbocycles. The Morgan fingerprint density at radius 2 is 2.21 bits per heavy atom. The van der Waals surface area contributed by atoms with Crippen molar-refractivity contribution >= 4 is 28.1 Å². The highest BCUT2D eigenvalue weighted by Gasteiger charge is 2.29. The van der Waals surface area contributed by atoms with Crippen LogP contribution in [0.2, 0.25) is 0 Å². The van der Waals surface area contributed by atoms with Gasteiger partial charge in [-0.3, -0.25) is 14.0 Å². The number of carbonyl (C=O) groups excluding carboxylic acids is 2. The zero-order valence-electron chi connectivity index (χ0n) is 13.1. The van der Waals surface area contributed by atoms with Crippen molar-refractivity contribution in [1.82, 2.24) is 20.0 Å². The molecule has 1 atom stereocenters. The molecule has 1 aliphatic heterocycles. The number of nitrogens with one attached hydrogen (secondary N) is 2. The Kier molecular flexibility index (Phi) is 3.57. The summed E-state index contributed by atoms with van der Waals surface area (Å²) in [5, 5.41) is 5.73. The predicted molar refractivity (Wildman–Crippen MR) is 90.9 cm³/mol. The van der Waals surface area contributed by atoms with E-state index in [9.17, 15) is 9.59 Å². The van der Waals surface area contributed by atoms with Gasteiger partial charge in [0.05, 0.1) is 24.7 Å². The summed E-state index contributed by atoms with van der Waals surface area (Å²) in [5.41, 5.74) is 2.36. The van der Waals surface area contributed by atoms with Gasteiger partial charge in [0, 0.05) is 22.8 Å². The van der Waals surface area contributed by atoms with Crippen LogP contribution in [0.5, 0.6) is 0 Å². The Morgan fingerprint density at radius 3 is 3.04 bits per heavy atom. The molecule has 7 heteroatoms. The van der Waals surface area contributed by atoms with Crippen molar-refractivity contribution < 1.29 is 9.59 Å². The maximum atomic E-state index is 12.2. The van der Waals surface area contributed by atoms with Crippen LogP contribution in [-0.2, 0) is 11.3 Å². The van der Waals surface area contributed by atoms with Crippen LogP contribution in [0.25, 0.3) is 4.96 Å². The number of fused-ring (bicyclic) bond motifs is 2. The third kappa shape index (κ3) is 2.67. The molecule has 0 bridgehead atoms. The van der Waals surface area contributed by atoms with E-state index in [0.717, 1.165) is 16.2 Å². The van der Waals surface area contributed by atoms with E-state index in [2.05, 4.69) is 15.6 Å². The van der Waals surface area contributed by atoms with Gasteiger partial charge in [0.15, 0.2) is 4.96 Å². The third-order valence-electron chi connectivity index (χ3n) is 4.06. The van der Waals surface area contributed by atoms with E-state index >= 15 is 0 Å². The molecule has 1 aliphatic rings. The Hall–Kier alpha value is -2.67. The van der Waals surface area contributed by atoms with Crippen molar-refractivity contribution in [2.24, 2.45) is 0 Å². The van der Waals surface area contributed by atoms with E-state index < -0.39 is 0 Å². The van der Waals surface area contributed by atoms with Crippen molar-refractivity contribution in [3.05, 3.63) is 58.4 Å². The summed E-state index contributed by atoms with van der Waals surface area (Å²) in [5.74, 6) is -0.224. The summed E-state index contributed by atoms with van der Waals surface area (Å²) >= 11 is 1.62. The SMILES string of the molecule is Cc1cn2cc(CNC(=O)C[C@@H]3NC(=O)c4ccccc43)nc2s1. The lowest BCUT2D eigenvalue weighted by Gasteiger charge is -2.11. The standard InChI is InChI=1S/C17H16N4O2S/c1-10-8-21-9-11(19-17(21)24-10)7-18-15(22)6-14-12-4-2-3-5-13(12)16(23)20-14/h2-5,8-9,14H,6-7H2,1H3,(H,18,22)(H,20,23)/t14-/m0/s1. The molecule has 2 amide bonds. The monoisotopic (exact) mass is 340 g/mol. The highest BCUT2D eigenvalue weighted by molar-refractivity contribution is 7.16. The summed E-state index contributed by atoms with van der Waals surface area (Å²) in [6.45, 7) is 2.42. The number of benzene rings is 1. The number of carbonyl (C=O) groups is 2. The molecule has 4 rings (SSSR count). The Bertz CT molecular complexity index is 912. The van der Waals surface area contributed by atoms with Gasteiger partial charge in [-0.05, 0) is 18.6 Å². The van der Waals surface area contributed by atoms with Crippen LogP contribution in [0.3, 0.4) is 0 Å². The first kappa shape index (κ1) is 14.9. The average Bonchev–Trinajstić information content (AvgIpc) is 3.18. The second-order valence-electron chi connectivity index (χ2n) is 5.86. The minimum Gasteiger partial charge on any atom is -0.350 e. The normalized spacial score (nSPS) is 16.2. The molecule has 0 radical (unpaired) electrons. The number of hydrogen-bond acceptors (Lipinski definition) is 4. The van der Waals surface area contributed by atoms with Gasteiger partial charge in [0.2, 0.25) is 5.91 Å². The van der Waals surface area contributed by atoms with E-state index in [0.29, 0.717) is 12.1 Å². The lowest BCUT2D eigenvalue weighted by molar-refractivity contribution is -0.121. The van der Waals surface area contributed by atoms with Crippen LogP contribution in [-0.4, -0.2) is 21.2 Å². The molecule has 1 aromatic carbocycles. The van der Waals surface area contributed by atoms with Crippen LogP contribution in [0.1, 0.15) is 39.0 Å². The summed E-state index contributed by atoms with van der Waals surface area (Å²) in [7, 11) is 0. The molecule has 3 heterocycles. The fourth-order valence-electron chi connectivity index (χ4n) is 2.97.